The molecule has 0 atom stereocenters. The zero-order valence-electron chi connectivity index (χ0n) is 45.8. The van der Waals surface area contributed by atoms with E-state index in [2.05, 4.69) is 15.0 Å². The normalized spacial score (nSPS) is 16.8. The van der Waals surface area contributed by atoms with Crippen LogP contribution in [-0.2, 0) is 38.2 Å². The maximum atomic E-state index is 9.99. The molecule has 5 nitrogen and oxygen atoms in total. The summed E-state index contributed by atoms with van der Waals surface area (Å²) in [5.41, 5.74) is 0.494. The molecule has 0 aliphatic carbocycles. The van der Waals surface area contributed by atoms with Crippen molar-refractivity contribution >= 4 is 21.9 Å². The first kappa shape index (κ1) is 23.2. The zero-order valence-corrected chi connectivity index (χ0v) is 30.8. The first-order valence-electron chi connectivity index (χ1n) is 25.9. The van der Waals surface area contributed by atoms with Gasteiger partial charge in [-0.3, -0.25) is 15.0 Å². The van der Waals surface area contributed by atoms with Crippen LogP contribution in [0.2, 0.25) is 0 Å². The van der Waals surface area contributed by atoms with Gasteiger partial charge in [0.15, 0.2) is 5.58 Å². The van der Waals surface area contributed by atoms with Crippen LogP contribution in [0.5, 0.6) is 0 Å². The number of fused-ring (bicyclic) bond motifs is 3. The fraction of sp³-hybridized carbons (Fsp3) is 0.132. The summed E-state index contributed by atoms with van der Waals surface area (Å²) >= 11 is 0. The molecule has 0 spiro atoms. The molecule has 9 rings (SSSR count). The highest BCUT2D eigenvalue weighted by Gasteiger charge is 2.17. The van der Waals surface area contributed by atoms with Crippen molar-refractivity contribution in [1.82, 2.24) is 15.0 Å². The van der Waals surface area contributed by atoms with Gasteiger partial charge < -0.3 is 4.42 Å². The van der Waals surface area contributed by atoms with Crippen molar-refractivity contribution in [3.8, 4) is 39.8 Å². The summed E-state index contributed by atoms with van der Waals surface area (Å²) in [6.07, 6.45) is -14.8. The third-order valence-electron chi connectivity index (χ3n) is 9.47. The third-order valence-corrected chi connectivity index (χ3v) is 9.47. The fourth-order valence-corrected chi connectivity index (χ4v) is 6.57. The van der Waals surface area contributed by atoms with Gasteiger partial charge in [0, 0.05) is 66.6 Å². The minimum absolute atomic E-state index is 0.0616. The molecule has 5 heteroatoms. The van der Waals surface area contributed by atoms with Crippen LogP contribution in [0.15, 0.2) is 169 Å². The molecule has 0 aliphatic heterocycles. The van der Waals surface area contributed by atoms with E-state index in [-0.39, 0.29) is 44.7 Å². The quantitative estimate of drug-likeness (QED) is 0.124. The van der Waals surface area contributed by atoms with E-state index in [1.165, 1.54) is 54.9 Å². The van der Waals surface area contributed by atoms with Gasteiger partial charge in [-0.2, -0.15) is 5.26 Å². The number of nitrogens with zero attached hydrogens (tertiary/aromatic N) is 4. The largest absolute Gasteiger partial charge is 0.454 e. The summed E-state index contributed by atoms with van der Waals surface area (Å²) in [4.78, 5) is 13.3. The molecule has 0 fully saturated rings. The first-order chi connectivity index (χ1) is 34.3. The van der Waals surface area contributed by atoms with Crippen molar-refractivity contribution in [2.75, 3.05) is 0 Å². The molecular weight excluding hydrogens is 709 g/mol. The molecule has 0 amide bonds. The standard InChI is InChI=1S/C53H42N4O/c1-36-15-25-46-45-13-8-14-47(52(45)58-53(46)48(36)32-54)51-28-24-39(35-57-51)18-21-42-30-40(19-16-37-22-26-49(55-33-37)43-9-4-2-5-10-43)29-41(31-42)20-17-38-23-27-50(56-34-38)44-11-6-3-7-12-44/h2-15,22-31,33-35H,16-21H2,1H3/i1D3,16D2,17D2,18D2,19D2,20D2,21D2. The zero-order chi connectivity index (χ0) is 52.5. The molecule has 4 heterocycles. The van der Waals surface area contributed by atoms with Crippen molar-refractivity contribution in [1.29, 1.82) is 5.26 Å². The first-order valence-corrected chi connectivity index (χ1v) is 18.4. The summed E-state index contributed by atoms with van der Waals surface area (Å²) in [5.74, 6) is 0. The van der Waals surface area contributed by atoms with Crippen LogP contribution in [0.25, 0.3) is 55.7 Å². The summed E-state index contributed by atoms with van der Waals surface area (Å²) < 4.78 is 142. The summed E-state index contributed by atoms with van der Waals surface area (Å²) in [6.45, 7) is -2.59. The molecule has 0 saturated carbocycles. The molecular formula is C53H42N4O. The van der Waals surface area contributed by atoms with Crippen molar-refractivity contribution in [2.24, 2.45) is 0 Å². The highest BCUT2D eigenvalue weighted by Crippen LogP contribution is 2.37. The Kier molecular flexibility index (Phi) is 6.60. The lowest BCUT2D eigenvalue weighted by Crippen LogP contribution is -2.00. The number of rotatable bonds is 12. The number of nitriles is 1. The van der Waals surface area contributed by atoms with Crippen LogP contribution < -0.4 is 0 Å². The lowest BCUT2D eigenvalue weighted by molar-refractivity contribution is 0.668. The Labute approximate surface area is 360 Å². The Hall–Kier alpha value is -7.16. The molecule has 5 aromatic carbocycles. The van der Waals surface area contributed by atoms with Gasteiger partial charge in [0.25, 0.3) is 0 Å². The number of benzene rings is 5. The molecule has 0 N–H and O–H groups in total. The van der Waals surface area contributed by atoms with Gasteiger partial charge in [-0.15, -0.1) is 0 Å². The Morgan fingerprint density at radius 1 is 0.500 bits per heavy atom. The van der Waals surface area contributed by atoms with Crippen LogP contribution in [0, 0.1) is 18.2 Å². The average Bonchev–Trinajstić information content (AvgIpc) is 3.77. The van der Waals surface area contributed by atoms with Crippen molar-refractivity contribution in [2.45, 2.75) is 45.1 Å². The third kappa shape index (κ3) is 7.91. The van der Waals surface area contributed by atoms with E-state index in [9.17, 15) is 21.7 Å². The highest BCUT2D eigenvalue weighted by atomic mass is 16.3. The second-order valence-electron chi connectivity index (χ2n) is 13.3. The number of para-hydroxylation sites is 1. The van der Waals surface area contributed by atoms with Gasteiger partial charge in [-0.1, -0.05) is 121 Å². The average molecular weight is 766 g/mol. The topological polar surface area (TPSA) is 75.6 Å². The van der Waals surface area contributed by atoms with Gasteiger partial charge in [0.2, 0.25) is 0 Å². The highest BCUT2D eigenvalue weighted by molar-refractivity contribution is 6.10. The lowest BCUT2D eigenvalue weighted by atomic mass is 9.94. The maximum absolute atomic E-state index is 9.99. The monoisotopic (exact) mass is 765 g/mol. The second kappa shape index (κ2) is 16.5. The fourth-order valence-electron chi connectivity index (χ4n) is 6.57. The van der Waals surface area contributed by atoms with Gasteiger partial charge in [0.1, 0.15) is 11.7 Å². The molecule has 0 unspecified atom stereocenters. The van der Waals surface area contributed by atoms with Gasteiger partial charge in [-0.25, -0.2) is 0 Å². The van der Waals surface area contributed by atoms with Crippen LogP contribution in [0.3, 0.4) is 0 Å². The van der Waals surface area contributed by atoms with E-state index in [1.807, 2.05) is 18.2 Å². The Bertz CT molecular complexity index is 3430. The van der Waals surface area contributed by atoms with E-state index in [0.717, 1.165) is 35.5 Å². The minimum atomic E-state index is -3.17. The number of aryl methyl sites for hydroxylation is 7. The molecule has 0 bridgehead atoms. The summed E-state index contributed by atoms with van der Waals surface area (Å²) in [5, 5.41) is 11.0. The smallest absolute Gasteiger partial charge is 0.153 e. The molecule has 58 heavy (non-hydrogen) atoms. The van der Waals surface area contributed by atoms with Gasteiger partial charge >= 0.3 is 0 Å². The molecule has 9 aromatic rings. The van der Waals surface area contributed by atoms with E-state index < -0.39 is 61.8 Å². The predicted octanol–water partition coefficient (Wildman–Crippen LogP) is 12.3. The Morgan fingerprint density at radius 3 is 1.45 bits per heavy atom. The minimum Gasteiger partial charge on any atom is -0.454 e. The predicted molar refractivity (Wildman–Crippen MR) is 234 cm³/mol. The maximum Gasteiger partial charge on any atom is 0.153 e. The van der Waals surface area contributed by atoms with Crippen molar-refractivity contribution in [3.05, 3.63) is 209 Å². The summed E-state index contributed by atoms with van der Waals surface area (Å²) in [6, 6.07) is 39.3. The lowest BCUT2D eigenvalue weighted by Gasteiger charge is -2.12. The summed E-state index contributed by atoms with van der Waals surface area (Å²) in [7, 11) is 0. The SMILES string of the molecule is [2H]C([2H])([2H])c1ccc2c(oc3c(-c4ccc(C([2H])([2H])C([2H])([2H])c5cc(C([2H])([2H])C([2H])([2H])c6ccc(-c7ccccc7)nc6)cc(C([2H])([2H])C([2H])([2H])c6ccc(-c7ccccc7)nc6)c5)cn4)cccc32)c1C#N. The molecule has 4 aromatic heterocycles. The number of furan rings is 1. The van der Waals surface area contributed by atoms with Crippen LogP contribution in [0.1, 0.15) is 65.1 Å². The number of aromatic nitrogens is 3. The molecule has 280 valence electrons. The van der Waals surface area contributed by atoms with E-state index in [0.29, 0.717) is 27.7 Å². The van der Waals surface area contributed by atoms with Crippen LogP contribution >= 0.6 is 0 Å². The number of pyridine rings is 3. The van der Waals surface area contributed by atoms with E-state index >= 15 is 0 Å². The van der Waals surface area contributed by atoms with Gasteiger partial charge in [0.05, 0.1) is 22.6 Å². The van der Waals surface area contributed by atoms with E-state index in [4.69, 9.17) is 8.53 Å². The molecule has 0 saturated heterocycles. The van der Waals surface area contributed by atoms with Crippen LogP contribution in [0.4, 0.5) is 0 Å². The van der Waals surface area contributed by atoms with Crippen molar-refractivity contribution < 1.29 is 25.0 Å². The van der Waals surface area contributed by atoms with Gasteiger partial charge in [-0.05, 0) is 108 Å². The number of hydrogen-bond donors (Lipinski definition) is 0. The Morgan fingerprint density at radius 2 is 0.983 bits per heavy atom. The Balaban J connectivity index is 1.13. The van der Waals surface area contributed by atoms with E-state index in [1.54, 1.807) is 72.8 Å². The van der Waals surface area contributed by atoms with Crippen molar-refractivity contribution in [3.63, 3.8) is 0 Å². The molecule has 0 aliphatic rings. The molecule has 0 radical (unpaired) electrons. The van der Waals surface area contributed by atoms with Crippen LogP contribution in [-0.4, -0.2) is 15.0 Å². The number of hydrogen-bond acceptors (Lipinski definition) is 5. The second-order valence-corrected chi connectivity index (χ2v) is 13.3.